The van der Waals surface area contributed by atoms with Crippen LogP contribution >= 0.6 is 11.6 Å². The van der Waals surface area contributed by atoms with Gasteiger partial charge in [-0.1, -0.05) is 29.8 Å². The first-order valence-electron chi connectivity index (χ1n) is 6.72. The molecule has 1 aliphatic carbocycles. The number of aryl methyl sites for hydroxylation is 2. The Bertz CT molecular complexity index is 578. The Morgan fingerprint density at radius 2 is 2.00 bits per heavy atom. The monoisotopic (exact) mass is 272 g/mol. The number of aromatic nitrogens is 1. The standard InChI is InChI=1S/C16H17ClN2/c1-11(19-15-7-8-16(17)18-10-15)13-6-5-12-3-2-4-14(12)9-13/h5-11,19H,2-4H2,1H3. The molecule has 1 aliphatic rings. The normalized spacial score (nSPS) is 15.1. The highest BCUT2D eigenvalue weighted by Crippen LogP contribution is 2.27. The van der Waals surface area contributed by atoms with Gasteiger partial charge in [0.1, 0.15) is 5.15 Å². The number of nitrogens with zero attached hydrogens (tertiary/aromatic N) is 1. The molecule has 98 valence electrons. The van der Waals surface area contributed by atoms with Crippen LogP contribution < -0.4 is 5.32 Å². The Kier molecular flexibility index (Phi) is 3.43. The van der Waals surface area contributed by atoms with Crippen molar-refractivity contribution in [2.24, 2.45) is 0 Å². The summed E-state index contributed by atoms with van der Waals surface area (Å²) in [4.78, 5) is 4.09. The molecule has 3 heteroatoms. The highest BCUT2D eigenvalue weighted by molar-refractivity contribution is 6.29. The third kappa shape index (κ3) is 2.74. The molecule has 0 saturated heterocycles. The van der Waals surface area contributed by atoms with Crippen molar-refractivity contribution >= 4 is 17.3 Å². The fraction of sp³-hybridized carbons (Fsp3) is 0.312. The lowest BCUT2D eigenvalue weighted by Gasteiger charge is -2.16. The summed E-state index contributed by atoms with van der Waals surface area (Å²) in [6.07, 6.45) is 5.52. The van der Waals surface area contributed by atoms with Crippen LogP contribution in [-0.4, -0.2) is 4.98 Å². The smallest absolute Gasteiger partial charge is 0.129 e. The molecule has 0 aliphatic heterocycles. The zero-order valence-corrected chi connectivity index (χ0v) is 11.7. The van der Waals surface area contributed by atoms with Crippen molar-refractivity contribution in [3.8, 4) is 0 Å². The SMILES string of the molecule is CC(Nc1ccc(Cl)nc1)c1ccc2c(c1)CCC2. The number of fused-ring (bicyclic) bond motifs is 1. The second-order valence-corrected chi connectivity index (χ2v) is 5.50. The molecule has 1 heterocycles. The third-order valence-electron chi connectivity index (χ3n) is 3.73. The topological polar surface area (TPSA) is 24.9 Å². The van der Waals surface area contributed by atoms with E-state index in [-0.39, 0.29) is 6.04 Å². The minimum Gasteiger partial charge on any atom is -0.377 e. The lowest BCUT2D eigenvalue weighted by Crippen LogP contribution is -2.07. The zero-order chi connectivity index (χ0) is 13.2. The van der Waals surface area contributed by atoms with Gasteiger partial charge in [-0.3, -0.25) is 0 Å². The Morgan fingerprint density at radius 1 is 1.16 bits per heavy atom. The van der Waals surface area contributed by atoms with Crippen molar-refractivity contribution in [2.75, 3.05) is 5.32 Å². The number of halogens is 1. The average Bonchev–Trinajstić information content (AvgIpc) is 2.88. The third-order valence-corrected chi connectivity index (χ3v) is 3.96. The highest BCUT2D eigenvalue weighted by Gasteiger charge is 2.13. The molecule has 1 N–H and O–H groups in total. The Labute approximate surface area is 118 Å². The fourth-order valence-corrected chi connectivity index (χ4v) is 2.77. The van der Waals surface area contributed by atoms with Gasteiger partial charge in [-0.25, -0.2) is 4.98 Å². The van der Waals surface area contributed by atoms with Gasteiger partial charge in [0.2, 0.25) is 0 Å². The Morgan fingerprint density at radius 3 is 2.79 bits per heavy atom. The van der Waals surface area contributed by atoms with Crippen molar-refractivity contribution in [1.82, 2.24) is 4.98 Å². The van der Waals surface area contributed by atoms with E-state index in [1.807, 2.05) is 6.07 Å². The number of hydrogen-bond acceptors (Lipinski definition) is 2. The largest absolute Gasteiger partial charge is 0.377 e. The van der Waals surface area contributed by atoms with Crippen molar-refractivity contribution in [2.45, 2.75) is 32.2 Å². The van der Waals surface area contributed by atoms with Crippen LogP contribution in [0.2, 0.25) is 5.15 Å². The maximum Gasteiger partial charge on any atom is 0.129 e. The molecule has 0 fully saturated rings. The van der Waals surface area contributed by atoms with Crippen LogP contribution in [0.15, 0.2) is 36.5 Å². The molecule has 1 atom stereocenters. The van der Waals surface area contributed by atoms with E-state index in [1.165, 1.54) is 36.0 Å². The van der Waals surface area contributed by atoms with E-state index in [0.717, 1.165) is 5.69 Å². The van der Waals surface area contributed by atoms with Crippen molar-refractivity contribution in [3.63, 3.8) is 0 Å². The molecule has 1 aromatic carbocycles. The summed E-state index contributed by atoms with van der Waals surface area (Å²) in [7, 11) is 0. The van der Waals surface area contributed by atoms with E-state index in [2.05, 4.69) is 35.4 Å². The van der Waals surface area contributed by atoms with Crippen LogP contribution in [0.5, 0.6) is 0 Å². The Hall–Kier alpha value is -1.54. The number of rotatable bonds is 3. The van der Waals surface area contributed by atoms with Crippen LogP contribution in [0.4, 0.5) is 5.69 Å². The second-order valence-electron chi connectivity index (χ2n) is 5.12. The van der Waals surface area contributed by atoms with Crippen LogP contribution in [0, 0.1) is 0 Å². The number of benzene rings is 1. The molecule has 0 amide bonds. The van der Waals surface area contributed by atoms with Crippen molar-refractivity contribution in [1.29, 1.82) is 0 Å². The zero-order valence-electron chi connectivity index (χ0n) is 11.0. The predicted molar refractivity (Wildman–Crippen MR) is 79.8 cm³/mol. The molecule has 0 saturated carbocycles. The molecule has 19 heavy (non-hydrogen) atoms. The molecule has 2 nitrogen and oxygen atoms in total. The van der Waals surface area contributed by atoms with Crippen LogP contribution in [0.25, 0.3) is 0 Å². The van der Waals surface area contributed by atoms with Crippen molar-refractivity contribution in [3.05, 3.63) is 58.4 Å². The van der Waals surface area contributed by atoms with E-state index in [9.17, 15) is 0 Å². The molecule has 0 radical (unpaired) electrons. The predicted octanol–water partition coefficient (Wildman–Crippen LogP) is 4.40. The summed E-state index contributed by atoms with van der Waals surface area (Å²) in [5.41, 5.74) is 5.36. The summed E-state index contributed by atoms with van der Waals surface area (Å²) in [5.74, 6) is 0. The van der Waals surface area contributed by atoms with Crippen LogP contribution in [0.3, 0.4) is 0 Å². The van der Waals surface area contributed by atoms with Gasteiger partial charge in [0.25, 0.3) is 0 Å². The number of anilines is 1. The molecule has 0 spiro atoms. The summed E-state index contributed by atoms with van der Waals surface area (Å²) in [5, 5.41) is 3.98. The molecule has 0 bridgehead atoms. The molecular weight excluding hydrogens is 256 g/mol. The lowest BCUT2D eigenvalue weighted by atomic mass is 10.0. The van der Waals surface area contributed by atoms with Gasteiger partial charge in [-0.2, -0.15) is 0 Å². The molecule has 1 aromatic heterocycles. The second kappa shape index (κ2) is 5.22. The first-order chi connectivity index (χ1) is 9.22. The number of nitrogens with one attached hydrogen (secondary N) is 1. The maximum absolute atomic E-state index is 5.79. The van der Waals surface area contributed by atoms with E-state index >= 15 is 0 Å². The summed E-state index contributed by atoms with van der Waals surface area (Å²) in [6.45, 7) is 2.17. The minimum atomic E-state index is 0.272. The quantitative estimate of drug-likeness (QED) is 0.838. The van der Waals surface area contributed by atoms with E-state index in [0.29, 0.717) is 5.15 Å². The van der Waals surface area contributed by atoms with Gasteiger partial charge in [0, 0.05) is 6.04 Å². The van der Waals surface area contributed by atoms with Gasteiger partial charge >= 0.3 is 0 Å². The Balaban J connectivity index is 1.76. The maximum atomic E-state index is 5.79. The van der Waals surface area contributed by atoms with Gasteiger partial charge in [-0.15, -0.1) is 0 Å². The van der Waals surface area contributed by atoms with Gasteiger partial charge in [0.15, 0.2) is 0 Å². The lowest BCUT2D eigenvalue weighted by molar-refractivity contribution is 0.877. The summed E-state index contributed by atoms with van der Waals surface area (Å²) >= 11 is 5.79. The number of pyridine rings is 1. The molecule has 3 rings (SSSR count). The van der Waals surface area contributed by atoms with E-state index in [1.54, 1.807) is 12.3 Å². The highest BCUT2D eigenvalue weighted by atomic mass is 35.5. The fourth-order valence-electron chi connectivity index (χ4n) is 2.66. The number of hydrogen-bond donors (Lipinski definition) is 1. The molecule has 2 aromatic rings. The van der Waals surface area contributed by atoms with Gasteiger partial charge in [-0.05, 0) is 55.0 Å². The van der Waals surface area contributed by atoms with Crippen LogP contribution in [-0.2, 0) is 12.8 Å². The van der Waals surface area contributed by atoms with Gasteiger partial charge < -0.3 is 5.32 Å². The van der Waals surface area contributed by atoms with Crippen molar-refractivity contribution < 1.29 is 0 Å². The first kappa shape index (κ1) is 12.5. The summed E-state index contributed by atoms with van der Waals surface area (Å²) < 4.78 is 0. The van der Waals surface area contributed by atoms with E-state index in [4.69, 9.17) is 11.6 Å². The van der Waals surface area contributed by atoms with Crippen LogP contribution in [0.1, 0.15) is 36.1 Å². The molecular formula is C16H17ClN2. The average molecular weight is 273 g/mol. The van der Waals surface area contributed by atoms with Gasteiger partial charge in [0.05, 0.1) is 11.9 Å². The minimum absolute atomic E-state index is 0.272. The summed E-state index contributed by atoms with van der Waals surface area (Å²) in [6, 6.07) is 10.9. The first-order valence-corrected chi connectivity index (χ1v) is 7.10. The molecule has 1 unspecified atom stereocenters. The van der Waals surface area contributed by atoms with E-state index < -0.39 is 0 Å².